The summed E-state index contributed by atoms with van der Waals surface area (Å²) < 4.78 is 21.8. The van der Waals surface area contributed by atoms with Crippen LogP contribution in [0.15, 0.2) is 72.8 Å². The number of aliphatic hydroxyl groups excluding tert-OH is 1. The molecular formula is C33H39NO10. The van der Waals surface area contributed by atoms with Crippen LogP contribution in [0.1, 0.15) is 50.8 Å². The molecule has 5 atom stereocenters. The number of amides is 2. The second kappa shape index (κ2) is 17.2. The fraction of sp³-hybridized carbons (Fsp3) is 0.424. The Labute approximate surface area is 256 Å². The molecule has 44 heavy (non-hydrogen) atoms. The monoisotopic (exact) mass is 609 g/mol. The third-order valence-corrected chi connectivity index (χ3v) is 7.03. The summed E-state index contributed by atoms with van der Waals surface area (Å²) in [6, 6.07) is 17.8. The summed E-state index contributed by atoms with van der Waals surface area (Å²) in [5.41, 5.74) is 1.68. The zero-order valence-electron chi connectivity index (χ0n) is 25.1. The Bertz CT molecular complexity index is 1300. The third kappa shape index (κ3) is 9.94. The van der Waals surface area contributed by atoms with Crippen molar-refractivity contribution < 1.29 is 48.0 Å². The topological polar surface area (TPSA) is 146 Å². The molecule has 2 aromatic carbocycles. The highest BCUT2D eigenvalue weighted by molar-refractivity contribution is 6.04. The number of hydrogen-bond donors (Lipinski definition) is 1. The van der Waals surface area contributed by atoms with Crippen molar-refractivity contribution >= 4 is 29.5 Å². The highest BCUT2D eigenvalue weighted by atomic mass is 16.6. The van der Waals surface area contributed by atoms with Gasteiger partial charge in [-0.05, 0) is 43.5 Å². The number of carbonyl (C=O) groups excluding carboxylic acids is 5. The molecular weight excluding hydrogens is 570 g/mol. The molecule has 3 rings (SSSR count). The van der Waals surface area contributed by atoms with Gasteiger partial charge in [-0.2, -0.15) is 0 Å². The van der Waals surface area contributed by atoms with Crippen molar-refractivity contribution in [2.75, 3.05) is 19.8 Å². The number of allylic oxidation sites excluding steroid dienone is 1. The fourth-order valence-corrected chi connectivity index (χ4v) is 4.64. The lowest BCUT2D eigenvalue weighted by molar-refractivity contribution is -0.158. The van der Waals surface area contributed by atoms with E-state index in [1.54, 1.807) is 31.2 Å². The van der Waals surface area contributed by atoms with Crippen molar-refractivity contribution in [1.29, 1.82) is 0 Å². The van der Waals surface area contributed by atoms with E-state index in [-0.39, 0.29) is 32.0 Å². The number of esters is 1. The van der Waals surface area contributed by atoms with E-state index < -0.39 is 54.0 Å². The average molecular weight is 610 g/mol. The maximum atomic E-state index is 13.3. The van der Waals surface area contributed by atoms with Crippen molar-refractivity contribution in [3.8, 4) is 0 Å². The van der Waals surface area contributed by atoms with Crippen molar-refractivity contribution in [2.45, 2.75) is 64.6 Å². The van der Waals surface area contributed by atoms with Crippen LogP contribution in [0.4, 0.5) is 4.79 Å². The zero-order chi connectivity index (χ0) is 32.1. The first-order chi connectivity index (χ1) is 21.1. The maximum absolute atomic E-state index is 13.3. The smallest absolute Gasteiger partial charge is 0.417 e. The number of cyclic esters (lactones) is 1. The first-order valence-electron chi connectivity index (χ1n) is 14.5. The lowest BCUT2D eigenvalue weighted by Gasteiger charge is -2.26. The van der Waals surface area contributed by atoms with Gasteiger partial charge in [0.05, 0.1) is 31.8 Å². The molecule has 1 saturated heterocycles. The molecule has 2 amide bonds. The Hall–Kier alpha value is -4.19. The normalized spacial score (nSPS) is 18.5. The van der Waals surface area contributed by atoms with E-state index in [1.807, 2.05) is 36.4 Å². The van der Waals surface area contributed by atoms with Gasteiger partial charge >= 0.3 is 12.1 Å². The van der Waals surface area contributed by atoms with E-state index >= 15 is 0 Å². The summed E-state index contributed by atoms with van der Waals surface area (Å²) in [5.74, 6) is -3.91. The van der Waals surface area contributed by atoms with Crippen LogP contribution in [-0.4, -0.2) is 77.6 Å². The number of aliphatic hydroxyl groups is 1. The summed E-state index contributed by atoms with van der Waals surface area (Å²) in [6.45, 7) is 4.62. The molecule has 1 aliphatic heterocycles. The van der Waals surface area contributed by atoms with Gasteiger partial charge in [-0.3, -0.25) is 19.2 Å². The molecule has 1 aliphatic rings. The summed E-state index contributed by atoms with van der Waals surface area (Å²) >= 11 is 0. The number of nitrogens with zero attached hydrogens (tertiary/aromatic N) is 1. The second-order valence-corrected chi connectivity index (χ2v) is 10.5. The number of imide groups is 1. The van der Waals surface area contributed by atoms with Gasteiger partial charge in [0.2, 0.25) is 5.91 Å². The van der Waals surface area contributed by atoms with Crippen molar-refractivity contribution in [3.63, 3.8) is 0 Å². The summed E-state index contributed by atoms with van der Waals surface area (Å²) in [7, 11) is 0. The molecule has 2 aromatic rings. The molecule has 0 aliphatic carbocycles. The Morgan fingerprint density at radius 1 is 1.02 bits per heavy atom. The molecule has 1 fully saturated rings. The Morgan fingerprint density at radius 2 is 1.68 bits per heavy atom. The number of carbonyl (C=O) groups is 5. The van der Waals surface area contributed by atoms with Crippen LogP contribution in [0.3, 0.4) is 0 Å². The number of ether oxygens (including phenoxy) is 4. The minimum atomic E-state index is -1.55. The van der Waals surface area contributed by atoms with Gasteiger partial charge in [0, 0.05) is 20.0 Å². The molecule has 11 heteroatoms. The average Bonchev–Trinajstić information content (AvgIpc) is 3.33. The van der Waals surface area contributed by atoms with Gasteiger partial charge in [0.1, 0.15) is 12.2 Å². The Morgan fingerprint density at radius 3 is 2.32 bits per heavy atom. The van der Waals surface area contributed by atoms with E-state index in [1.165, 1.54) is 6.92 Å². The standard InChI is InChI=1S/C33H39NO10/c1-22(32(39)34-23(2)31(44-33(34)40)26-13-8-5-9-14-26)30(43-24(3)36)29(38)17-16-27(37)15-10-18-41-21-28(19-35)42-20-25-11-6-4-7-12-25/h4-9,11-14,16-17,22-23,28,30-31,35H,10,15,18-21H2,1-3H3. The van der Waals surface area contributed by atoms with Crippen molar-refractivity contribution in [3.05, 3.63) is 83.9 Å². The molecule has 1 heterocycles. The van der Waals surface area contributed by atoms with Gasteiger partial charge < -0.3 is 24.1 Å². The van der Waals surface area contributed by atoms with Crippen LogP contribution in [0, 0.1) is 5.92 Å². The fourth-order valence-electron chi connectivity index (χ4n) is 4.64. The van der Waals surface area contributed by atoms with E-state index in [4.69, 9.17) is 18.9 Å². The van der Waals surface area contributed by atoms with Gasteiger partial charge in [0.15, 0.2) is 17.7 Å². The lowest BCUT2D eigenvalue weighted by atomic mass is 9.96. The SMILES string of the molecule is CC(=O)OC(C(=O)C=CC(=O)CCCOCC(CO)OCc1ccccc1)C(C)C(=O)N1C(=O)OC(c2ccccc2)C1C. The summed E-state index contributed by atoms with van der Waals surface area (Å²) in [5, 5.41) is 9.51. The van der Waals surface area contributed by atoms with Gasteiger partial charge in [-0.15, -0.1) is 0 Å². The van der Waals surface area contributed by atoms with Crippen molar-refractivity contribution in [1.82, 2.24) is 4.90 Å². The number of benzene rings is 2. The predicted octanol–water partition coefficient (Wildman–Crippen LogP) is 3.73. The lowest BCUT2D eigenvalue weighted by Crippen LogP contribution is -2.47. The number of ketones is 2. The first-order valence-corrected chi connectivity index (χ1v) is 14.5. The Kier molecular flexibility index (Phi) is 13.4. The first kappa shape index (κ1) is 34.3. The van der Waals surface area contributed by atoms with E-state index in [9.17, 15) is 29.1 Å². The minimum absolute atomic E-state index is 0.0726. The summed E-state index contributed by atoms with van der Waals surface area (Å²) in [6.07, 6.45) is -1.15. The predicted molar refractivity (Wildman–Crippen MR) is 158 cm³/mol. The molecule has 5 unspecified atom stereocenters. The van der Waals surface area contributed by atoms with Crippen LogP contribution in [0.5, 0.6) is 0 Å². The minimum Gasteiger partial charge on any atom is -0.453 e. The maximum Gasteiger partial charge on any atom is 0.417 e. The second-order valence-electron chi connectivity index (χ2n) is 10.5. The molecule has 0 aromatic heterocycles. The largest absolute Gasteiger partial charge is 0.453 e. The quantitative estimate of drug-likeness (QED) is 0.160. The number of hydrogen-bond acceptors (Lipinski definition) is 10. The number of rotatable bonds is 17. The molecule has 0 radical (unpaired) electrons. The highest BCUT2D eigenvalue weighted by Gasteiger charge is 2.47. The molecule has 0 saturated carbocycles. The van der Waals surface area contributed by atoms with E-state index in [2.05, 4.69) is 0 Å². The molecule has 0 spiro atoms. The van der Waals surface area contributed by atoms with E-state index in [0.717, 1.165) is 29.5 Å². The molecule has 0 bridgehead atoms. The van der Waals surface area contributed by atoms with Crippen LogP contribution >= 0.6 is 0 Å². The van der Waals surface area contributed by atoms with Crippen LogP contribution in [-0.2, 0) is 44.7 Å². The van der Waals surface area contributed by atoms with Crippen LogP contribution in [0.2, 0.25) is 0 Å². The van der Waals surface area contributed by atoms with Crippen LogP contribution < -0.4 is 0 Å². The Balaban J connectivity index is 1.48. The van der Waals surface area contributed by atoms with Gasteiger partial charge in [-0.1, -0.05) is 60.7 Å². The molecule has 11 nitrogen and oxygen atoms in total. The third-order valence-electron chi connectivity index (χ3n) is 7.03. The molecule has 1 N–H and O–H groups in total. The van der Waals surface area contributed by atoms with Gasteiger partial charge in [-0.25, -0.2) is 9.69 Å². The highest BCUT2D eigenvalue weighted by Crippen LogP contribution is 2.33. The van der Waals surface area contributed by atoms with Crippen molar-refractivity contribution in [2.24, 2.45) is 5.92 Å². The van der Waals surface area contributed by atoms with E-state index in [0.29, 0.717) is 18.6 Å². The van der Waals surface area contributed by atoms with Gasteiger partial charge in [0.25, 0.3) is 0 Å². The summed E-state index contributed by atoms with van der Waals surface area (Å²) in [4.78, 5) is 64.0. The zero-order valence-corrected chi connectivity index (χ0v) is 25.1. The van der Waals surface area contributed by atoms with Crippen LogP contribution in [0.25, 0.3) is 0 Å². The molecule has 236 valence electrons.